The first-order chi connectivity index (χ1) is 9.41. The van der Waals surface area contributed by atoms with Crippen molar-refractivity contribution in [3.05, 3.63) is 29.8 Å². The Kier molecular flexibility index (Phi) is 6.65. The molecule has 0 fully saturated rings. The highest BCUT2D eigenvalue weighted by molar-refractivity contribution is 7.89. The van der Waals surface area contributed by atoms with Crippen LogP contribution in [0.25, 0.3) is 0 Å². The Morgan fingerprint density at radius 1 is 1.10 bits per heavy atom. The Balaban J connectivity index is 2.60. The summed E-state index contributed by atoms with van der Waals surface area (Å²) in [5, 5.41) is 3.42. The Bertz CT molecular complexity index is 491. The standard InChI is InChI=1S/C15H26N2O2S/c1-5-13(6-2)11-16-12-14-7-9-15(10-8-14)20(18,19)17(3)4/h7-10,13,16H,5-6,11-12H2,1-4H3. The van der Waals surface area contributed by atoms with Crippen LogP contribution in [0.1, 0.15) is 32.3 Å². The molecule has 0 amide bonds. The molecule has 0 bridgehead atoms. The fourth-order valence-electron chi connectivity index (χ4n) is 1.99. The minimum Gasteiger partial charge on any atom is -0.312 e. The van der Waals surface area contributed by atoms with Gasteiger partial charge in [-0.3, -0.25) is 0 Å². The molecule has 0 aliphatic carbocycles. The predicted molar refractivity (Wildman–Crippen MR) is 83.1 cm³/mol. The third-order valence-corrected chi connectivity index (χ3v) is 5.45. The maximum absolute atomic E-state index is 11.9. The lowest BCUT2D eigenvalue weighted by Crippen LogP contribution is -2.23. The molecule has 0 radical (unpaired) electrons. The lowest BCUT2D eigenvalue weighted by molar-refractivity contribution is 0.449. The van der Waals surface area contributed by atoms with E-state index < -0.39 is 10.0 Å². The average molecular weight is 298 g/mol. The van der Waals surface area contributed by atoms with Gasteiger partial charge in [0.05, 0.1) is 4.90 Å². The van der Waals surface area contributed by atoms with Crippen molar-refractivity contribution in [1.29, 1.82) is 0 Å². The zero-order chi connectivity index (χ0) is 15.2. The average Bonchev–Trinajstić information content (AvgIpc) is 2.44. The van der Waals surface area contributed by atoms with Crippen LogP contribution in [0.2, 0.25) is 0 Å². The summed E-state index contributed by atoms with van der Waals surface area (Å²) in [5.41, 5.74) is 1.11. The first-order valence-corrected chi connectivity index (χ1v) is 8.58. The second kappa shape index (κ2) is 7.76. The quantitative estimate of drug-likeness (QED) is 0.802. The van der Waals surface area contributed by atoms with E-state index in [-0.39, 0.29) is 0 Å². The van der Waals surface area contributed by atoms with Crippen molar-refractivity contribution in [2.45, 2.75) is 38.1 Å². The van der Waals surface area contributed by atoms with Gasteiger partial charge in [-0.15, -0.1) is 0 Å². The molecule has 0 saturated heterocycles. The van der Waals surface area contributed by atoms with Crippen molar-refractivity contribution in [3.63, 3.8) is 0 Å². The van der Waals surface area contributed by atoms with Crippen molar-refractivity contribution >= 4 is 10.0 Å². The van der Waals surface area contributed by atoms with Crippen LogP contribution in [0.5, 0.6) is 0 Å². The first-order valence-electron chi connectivity index (χ1n) is 7.14. The largest absolute Gasteiger partial charge is 0.312 e. The number of rotatable bonds is 8. The Morgan fingerprint density at radius 2 is 1.65 bits per heavy atom. The van der Waals surface area contributed by atoms with Crippen molar-refractivity contribution in [2.24, 2.45) is 5.92 Å². The summed E-state index contributed by atoms with van der Waals surface area (Å²) in [5.74, 6) is 0.711. The fraction of sp³-hybridized carbons (Fsp3) is 0.600. The summed E-state index contributed by atoms with van der Waals surface area (Å²) in [6.45, 7) is 6.19. The molecule has 5 heteroatoms. The number of sulfonamides is 1. The van der Waals surface area contributed by atoms with Crippen LogP contribution in [-0.4, -0.2) is 33.4 Å². The number of nitrogens with one attached hydrogen (secondary N) is 1. The van der Waals surface area contributed by atoms with Gasteiger partial charge in [-0.2, -0.15) is 0 Å². The van der Waals surface area contributed by atoms with Gasteiger partial charge in [0.15, 0.2) is 0 Å². The fourth-order valence-corrected chi connectivity index (χ4v) is 2.89. The molecule has 1 rings (SSSR count). The minimum absolute atomic E-state index is 0.339. The third-order valence-electron chi connectivity index (χ3n) is 3.62. The Hall–Kier alpha value is -0.910. The second-order valence-electron chi connectivity index (χ2n) is 5.24. The van der Waals surface area contributed by atoms with Gasteiger partial charge in [0.1, 0.15) is 0 Å². The van der Waals surface area contributed by atoms with E-state index in [0.717, 1.165) is 18.7 Å². The van der Waals surface area contributed by atoms with Gasteiger partial charge in [0, 0.05) is 20.6 Å². The van der Waals surface area contributed by atoms with Crippen LogP contribution in [0.15, 0.2) is 29.2 Å². The first kappa shape index (κ1) is 17.1. The molecule has 0 spiro atoms. The topological polar surface area (TPSA) is 49.4 Å². The van der Waals surface area contributed by atoms with Gasteiger partial charge in [-0.1, -0.05) is 38.8 Å². The summed E-state index contributed by atoms with van der Waals surface area (Å²) >= 11 is 0. The molecule has 20 heavy (non-hydrogen) atoms. The molecular formula is C15H26N2O2S. The molecule has 114 valence electrons. The molecule has 0 unspecified atom stereocenters. The van der Waals surface area contributed by atoms with Gasteiger partial charge < -0.3 is 5.32 Å². The second-order valence-corrected chi connectivity index (χ2v) is 7.40. The lowest BCUT2D eigenvalue weighted by Gasteiger charge is -2.14. The van der Waals surface area contributed by atoms with Crippen LogP contribution < -0.4 is 5.32 Å². The van der Waals surface area contributed by atoms with Gasteiger partial charge in [-0.05, 0) is 30.2 Å². The van der Waals surface area contributed by atoms with E-state index in [2.05, 4.69) is 19.2 Å². The highest BCUT2D eigenvalue weighted by Gasteiger charge is 2.16. The van der Waals surface area contributed by atoms with Gasteiger partial charge in [-0.25, -0.2) is 12.7 Å². The third kappa shape index (κ3) is 4.58. The van der Waals surface area contributed by atoms with Crippen LogP contribution in [0.3, 0.4) is 0 Å². The van der Waals surface area contributed by atoms with E-state index in [0.29, 0.717) is 10.8 Å². The van der Waals surface area contributed by atoms with Gasteiger partial charge >= 0.3 is 0 Å². The van der Waals surface area contributed by atoms with Crippen molar-refractivity contribution in [3.8, 4) is 0 Å². The summed E-state index contributed by atoms with van der Waals surface area (Å²) in [6, 6.07) is 7.08. The lowest BCUT2D eigenvalue weighted by atomic mass is 10.0. The molecule has 1 aromatic carbocycles. The predicted octanol–water partition coefficient (Wildman–Crippen LogP) is 2.46. The molecule has 1 aromatic rings. The zero-order valence-electron chi connectivity index (χ0n) is 12.9. The zero-order valence-corrected chi connectivity index (χ0v) is 13.7. The van der Waals surface area contributed by atoms with E-state index in [4.69, 9.17) is 0 Å². The van der Waals surface area contributed by atoms with Crippen LogP contribution in [0, 0.1) is 5.92 Å². The van der Waals surface area contributed by atoms with E-state index in [1.54, 1.807) is 26.2 Å². The Labute approximate surface area is 123 Å². The smallest absolute Gasteiger partial charge is 0.242 e. The summed E-state index contributed by atoms with van der Waals surface area (Å²) in [6.07, 6.45) is 2.37. The Morgan fingerprint density at radius 3 is 2.10 bits per heavy atom. The van der Waals surface area contributed by atoms with Crippen LogP contribution >= 0.6 is 0 Å². The molecule has 0 heterocycles. The summed E-state index contributed by atoms with van der Waals surface area (Å²) in [7, 11) is -0.238. The molecule has 0 saturated carbocycles. The van der Waals surface area contributed by atoms with Crippen LogP contribution in [0.4, 0.5) is 0 Å². The highest BCUT2D eigenvalue weighted by atomic mass is 32.2. The van der Waals surface area contributed by atoms with E-state index in [1.165, 1.54) is 17.1 Å². The van der Waals surface area contributed by atoms with Gasteiger partial charge in [0.25, 0.3) is 0 Å². The van der Waals surface area contributed by atoms with Crippen molar-refractivity contribution in [2.75, 3.05) is 20.6 Å². The van der Waals surface area contributed by atoms with E-state index in [1.807, 2.05) is 12.1 Å². The molecule has 4 nitrogen and oxygen atoms in total. The summed E-state index contributed by atoms with van der Waals surface area (Å²) < 4.78 is 25.1. The highest BCUT2D eigenvalue weighted by Crippen LogP contribution is 2.14. The molecule has 0 aromatic heterocycles. The molecule has 1 N–H and O–H groups in total. The molecule has 0 atom stereocenters. The maximum atomic E-state index is 11.9. The monoisotopic (exact) mass is 298 g/mol. The van der Waals surface area contributed by atoms with E-state index in [9.17, 15) is 8.42 Å². The molecular weight excluding hydrogens is 272 g/mol. The number of benzene rings is 1. The SMILES string of the molecule is CCC(CC)CNCc1ccc(S(=O)(=O)N(C)C)cc1. The van der Waals surface area contributed by atoms with Crippen molar-refractivity contribution in [1.82, 2.24) is 9.62 Å². The van der Waals surface area contributed by atoms with E-state index >= 15 is 0 Å². The van der Waals surface area contributed by atoms with Crippen molar-refractivity contribution < 1.29 is 8.42 Å². The number of hydrogen-bond donors (Lipinski definition) is 1. The minimum atomic E-state index is -3.32. The number of hydrogen-bond acceptors (Lipinski definition) is 3. The molecule has 0 aliphatic rings. The normalized spacial score (nSPS) is 12.3. The summed E-state index contributed by atoms with van der Waals surface area (Å²) in [4.78, 5) is 0.339. The maximum Gasteiger partial charge on any atom is 0.242 e. The van der Waals surface area contributed by atoms with Crippen LogP contribution in [-0.2, 0) is 16.6 Å². The number of nitrogens with zero attached hydrogens (tertiary/aromatic N) is 1. The van der Waals surface area contributed by atoms with Gasteiger partial charge in [0.2, 0.25) is 10.0 Å². The molecule has 0 aliphatic heterocycles.